The van der Waals surface area contributed by atoms with Crippen molar-refractivity contribution < 1.29 is 4.79 Å². The molecule has 0 N–H and O–H groups in total. The summed E-state index contributed by atoms with van der Waals surface area (Å²) in [6.07, 6.45) is 5.40. The first-order valence-electron chi connectivity index (χ1n) is 5.65. The van der Waals surface area contributed by atoms with E-state index >= 15 is 0 Å². The summed E-state index contributed by atoms with van der Waals surface area (Å²) in [4.78, 5) is 11.2. The van der Waals surface area contributed by atoms with E-state index in [1.54, 1.807) is 12.2 Å². The summed E-state index contributed by atoms with van der Waals surface area (Å²) in [7, 11) is 0. The zero-order chi connectivity index (χ0) is 13.1. The van der Waals surface area contributed by atoms with Crippen molar-refractivity contribution in [3.63, 3.8) is 0 Å². The Balaban J connectivity index is 0. The smallest absolute Gasteiger partial charge is 0.177 e. The van der Waals surface area contributed by atoms with E-state index in [-0.39, 0.29) is 11.7 Å². The molecule has 0 saturated heterocycles. The third-order valence-corrected chi connectivity index (χ3v) is 2.22. The summed E-state index contributed by atoms with van der Waals surface area (Å²) in [6, 6.07) is 0. The molecule has 2 heteroatoms. The lowest BCUT2D eigenvalue weighted by Gasteiger charge is -2.03. The first-order valence-corrected chi connectivity index (χ1v) is 6.18. The second kappa shape index (κ2) is 10.7. The van der Waals surface area contributed by atoms with Crippen LogP contribution in [0.25, 0.3) is 0 Å². The molecule has 0 atom stereocenters. The Bertz CT molecular complexity index is 272. The molecular formula is C14H23ClO. The van der Waals surface area contributed by atoms with Gasteiger partial charge in [0.05, 0.1) is 5.88 Å². The monoisotopic (exact) mass is 242 g/mol. The first-order chi connectivity index (χ1) is 7.52. The van der Waals surface area contributed by atoms with Gasteiger partial charge in [-0.2, -0.15) is 0 Å². The molecule has 0 amide bonds. The van der Waals surface area contributed by atoms with Crippen molar-refractivity contribution >= 4 is 17.4 Å². The van der Waals surface area contributed by atoms with Crippen molar-refractivity contribution in [2.24, 2.45) is 5.92 Å². The van der Waals surface area contributed by atoms with Gasteiger partial charge in [0.1, 0.15) is 0 Å². The third-order valence-electron chi connectivity index (χ3n) is 1.97. The molecule has 0 saturated carbocycles. The van der Waals surface area contributed by atoms with Gasteiger partial charge in [-0.1, -0.05) is 58.1 Å². The fraction of sp³-hybridized carbons (Fsp3) is 0.500. The van der Waals surface area contributed by atoms with Crippen molar-refractivity contribution in [1.29, 1.82) is 0 Å². The lowest BCUT2D eigenvalue weighted by Crippen LogP contribution is -2.01. The van der Waals surface area contributed by atoms with E-state index in [2.05, 4.69) is 20.4 Å². The summed E-state index contributed by atoms with van der Waals surface area (Å²) >= 11 is 5.46. The molecule has 0 aliphatic carbocycles. The molecule has 0 aromatic carbocycles. The molecule has 0 radical (unpaired) electrons. The van der Waals surface area contributed by atoms with Crippen LogP contribution in [0.15, 0.2) is 36.0 Å². The highest BCUT2D eigenvalue weighted by Crippen LogP contribution is 2.10. The van der Waals surface area contributed by atoms with Gasteiger partial charge in [0.15, 0.2) is 5.78 Å². The second-order valence-electron chi connectivity index (χ2n) is 3.36. The fourth-order valence-electron chi connectivity index (χ4n) is 0.817. The zero-order valence-corrected chi connectivity index (χ0v) is 11.8. The van der Waals surface area contributed by atoms with Crippen LogP contribution in [-0.4, -0.2) is 11.7 Å². The third kappa shape index (κ3) is 7.47. The van der Waals surface area contributed by atoms with Crippen LogP contribution < -0.4 is 0 Å². The Morgan fingerprint density at radius 3 is 2.12 bits per heavy atom. The predicted octanol–water partition coefficient (Wildman–Crippen LogP) is 4.54. The van der Waals surface area contributed by atoms with Gasteiger partial charge in [0.2, 0.25) is 0 Å². The average molecular weight is 243 g/mol. The minimum absolute atomic E-state index is 0.0260. The van der Waals surface area contributed by atoms with E-state index in [1.165, 1.54) is 0 Å². The number of allylic oxidation sites excluding steroid dienone is 5. The molecule has 16 heavy (non-hydrogen) atoms. The number of hydrogen-bond acceptors (Lipinski definition) is 1. The van der Waals surface area contributed by atoms with Crippen molar-refractivity contribution in [3.8, 4) is 0 Å². The maximum Gasteiger partial charge on any atom is 0.177 e. The number of carbonyl (C=O) groups is 1. The molecule has 0 heterocycles. The van der Waals surface area contributed by atoms with Crippen LogP contribution in [0.5, 0.6) is 0 Å². The van der Waals surface area contributed by atoms with Crippen LogP contribution in [0.1, 0.15) is 34.6 Å². The van der Waals surface area contributed by atoms with Gasteiger partial charge in [0.25, 0.3) is 0 Å². The van der Waals surface area contributed by atoms with Gasteiger partial charge in [-0.3, -0.25) is 4.79 Å². The van der Waals surface area contributed by atoms with Gasteiger partial charge >= 0.3 is 0 Å². The van der Waals surface area contributed by atoms with Crippen LogP contribution in [0, 0.1) is 5.92 Å². The van der Waals surface area contributed by atoms with E-state index in [0.29, 0.717) is 11.5 Å². The molecule has 92 valence electrons. The molecule has 1 nitrogen and oxygen atoms in total. The number of carbonyl (C=O) groups excluding carboxylic acids is 1. The Hall–Kier alpha value is -0.820. The zero-order valence-electron chi connectivity index (χ0n) is 11.0. The van der Waals surface area contributed by atoms with E-state index in [4.69, 9.17) is 11.6 Å². The lowest BCUT2D eigenvalue weighted by molar-refractivity contribution is -0.113. The quantitative estimate of drug-likeness (QED) is 0.393. The Morgan fingerprint density at radius 2 is 1.81 bits per heavy atom. The van der Waals surface area contributed by atoms with Gasteiger partial charge in [0, 0.05) is 5.57 Å². The van der Waals surface area contributed by atoms with E-state index in [1.807, 2.05) is 26.8 Å². The van der Waals surface area contributed by atoms with E-state index in [0.717, 1.165) is 5.57 Å². The van der Waals surface area contributed by atoms with Crippen LogP contribution in [0.3, 0.4) is 0 Å². The number of rotatable bonds is 5. The average Bonchev–Trinajstić information content (AvgIpc) is 2.31. The summed E-state index contributed by atoms with van der Waals surface area (Å²) in [5, 5.41) is 0. The van der Waals surface area contributed by atoms with Crippen LogP contribution in [-0.2, 0) is 4.79 Å². The second-order valence-corrected chi connectivity index (χ2v) is 3.63. The Labute approximate surface area is 105 Å². The SMILES string of the molecule is C=C(/C=C\C(=C/C)C(=O)CCl)C(C)C.CC. The van der Waals surface area contributed by atoms with Crippen LogP contribution >= 0.6 is 11.6 Å². The van der Waals surface area contributed by atoms with Gasteiger partial charge in [-0.05, 0) is 12.8 Å². The number of alkyl halides is 1. The summed E-state index contributed by atoms with van der Waals surface area (Å²) in [6.45, 7) is 13.8. The molecule has 0 bridgehead atoms. The molecule has 0 aliphatic rings. The molecule has 0 rings (SSSR count). The lowest BCUT2D eigenvalue weighted by atomic mass is 10.0. The van der Waals surface area contributed by atoms with Crippen LogP contribution in [0.4, 0.5) is 0 Å². The molecule has 0 fully saturated rings. The summed E-state index contributed by atoms with van der Waals surface area (Å²) in [5.74, 6) is 0.371. The van der Waals surface area contributed by atoms with Gasteiger partial charge in [-0.25, -0.2) is 0 Å². The standard InChI is InChI=1S/C12H17ClO.C2H6/c1-5-11(12(14)8-13)7-6-10(4)9(2)3;1-2/h5-7,9H,4,8H2,1-3H3;1-2H3/b7-6-,11-5+;. The molecule has 0 unspecified atom stereocenters. The minimum Gasteiger partial charge on any atom is -0.293 e. The van der Waals surface area contributed by atoms with Crippen molar-refractivity contribution in [2.45, 2.75) is 34.6 Å². The number of halogens is 1. The highest BCUT2D eigenvalue weighted by atomic mass is 35.5. The Morgan fingerprint density at radius 1 is 1.31 bits per heavy atom. The minimum atomic E-state index is -0.0537. The molecule has 0 aromatic rings. The van der Waals surface area contributed by atoms with Crippen molar-refractivity contribution in [3.05, 3.63) is 36.0 Å². The van der Waals surface area contributed by atoms with Gasteiger partial charge < -0.3 is 0 Å². The van der Waals surface area contributed by atoms with Crippen molar-refractivity contribution in [2.75, 3.05) is 5.88 Å². The number of hydrogen-bond donors (Lipinski definition) is 0. The number of Topliss-reactive ketones (excluding diaryl/α,β-unsaturated/α-hetero) is 1. The van der Waals surface area contributed by atoms with E-state index < -0.39 is 0 Å². The maximum absolute atomic E-state index is 11.2. The van der Waals surface area contributed by atoms with Crippen molar-refractivity contribution in [1.82, 2.24) is 0 Å². The highest BCUT2D eigenvalue weighted by Gasteiger charge is 2.03. The predicted molar refractivity (Wildman–Crippen MR) is 74.0 cm³/mol. The van der Waals surface area contributed by atoms with E-state index in [9.17, 15) is 4.79 Å². The molecule has 0 aliphatic heterocycles. The first kappa shape index (κ1) is 17.6. The fourth-order valence-corrected chi connectivity index (χ4v) is 0.971. The molecular weight excluding hydrogens is 220 g/mol. The normalized spacial score (nSPS) is 11.3. The summed E-state index contributed by atoms with van der Waals surface area (Å²) in [5.41, 5.74) is 1.65. The molecule has 0 spiro atoms. The Kier molecular flexibility index (Phi) is 11.7. The maximum atomic E-state index is 11.2. The number of ketones is 1. The highest BCUT2D eigenvalue weighted by molar-refractivity contribution is 6.30. The molecule has 0 aromatic heterocycles. The van der Waals surface area contributed by atoms with Crippen LogP contribution in [0.2, 0.25) is 0 Å². The summed E-state index contributed by atoms with van der Waals surface area (Å²) < 4.78 is 0. The topological polar surface area (TPSA) is 17.1 Å². The largest absolute Gasteiger partial charge is 0.293 e. The van der Waals surface area contributed by atoms with Gasteiger partial charge in [-0.15, -0.1) is 11.6 Å².